The lowest BCUT2D eigenvalue weighted by molar-refractivity contribution is -0.122. The third kappa shape index (κ3) is 4.12. The van der Waals surface area contributed by atoms with Crippen molar-refractivity contribution in [2.75, 3.05) is 16.8 Å². The van der Waals surface area contributed by atoms with Crippen LogP contribution in [0.25, 0.3) is 0 Å². The molecule has 2 aromatic rings. The number of hydrogen-bond acceptors (Lipinski definition) is 3. The van der Waals surface area contributed by atoms with Crippen LogP contribution in [0.2, 0.25) is 5.02 Å². The molecular formula is C19H19ClN2O3. The topological polar surface area (TPSA) is 58.6 Å². The van der Waals surface area contributed by atoms with Gasteiger partial charge in [0.15, 0.2) is 6.10 Å². The lowest BCUT2D eigenvalue weighted by Gasteiger charge is -2.21. The summed E-state index contributed by atoms with van der Waals surface area (Å²) >= 11 is 5.93. The number of halogens is 1. The predicted octanol–water partition coefficient (Wildman–Crippen LogP) is 3.87. The Morgan fingerprint density at radius 1 is 1.24 bits per heavy atom. The Kier molecular flexibility index (Phi) is 5.24. The largest absolute Gasteiger partial charge is 0.481 e. The van der Waals surface area contributed by atoms with Crippen LogP contribution in [-0.2, 0) is 9.59 Å². The van der Waals surface area contributed by atoms with E-state index in [0.29, 0.717) is 35.1 Å². The van der Waals surface area contributed by atoms with E-state index in [1.54, 1.807) is 42.2 Å². The summed E-state index contributed by atoms with van der Waals surface area (Å²) in [5.74, 6) is 0.308. The Morgan fingerprint density at radius 2 is 2.04 bits per heavy atom. The third-order valence-corrected chi connectivity index (χ3v) is 4.24. The molecule has 0 unspecified atom stereocenters. The van der Waals surface area contributed by atoms with E-state index in [-0.39, 0.29) is 11.8 Å². The van der Waals surface area contributed by atoms with Gasteiger partial charge < -0.3 is 15.0 Å². The van der Waals surface area contributed by atoms with Crippen LogP contribution in [0.3, 0.4) is 0 Å². The average molecular weight is 359 g/mol. The summed E-state index contributed by atoms with van der Waals surface area (Å²) in [5.41, 5.74) is 1.32. The molecule has 1 atom stereocenters. The highest BCUT2D eigenvalue weighted by atomic mass is 35.5. The van der Waals surface area contributed by atoms with Crippen LogP contribution in [0, 0.1) is 0 Å². The van der Waals surface area contributed by atoms with Gasteiger partial charge >= 0.3 is 0 Å². The summed E-state index contributed by atoms with van der Waals surface area (Å²) < 4.78 is 5.64. The van der Waals surface area contributed by atoms with Gasteiger partial charge in [-0.05, 0) is 43.7 Å². The minimum absolute atomic E-state index is 0.0740. The van der Waals surface area contributed by atoms with Gasteiger partial charge in [-0.1, -0.05) is 29.8 Å². The van der Waals surface area contributed by atoms with E-state index >= 15 is 0 Å². The zero-order valence-corrected chi connectivity index (χ0v) is 14.6. The molecule has 130 valence electrons. The van der Waals surface area contributed by atoms with Gasteiger partial charge in [-0.3, -0.25) is 9.59 Å². The van der Waals surface area contributed by atoms with Crippen molar-refractivity contribution in [3.8, 4) is 5.75 Å². The van der Waals surface area contributed by atoms with Gasteiger partial charge in [-0.15, -0.1) is 0 Å². The van der Waals surface area contributed by atoms with E-state index in [9.17, 15) is 9.59 Å². The first kappa shape index (κ1) is 17.3. The van der Waals surface area contributed by atoms with E-state index in [4.69, 9.17) is 16.3 Å². The molecule has 1 heterocycles. The number of nitrogens with one attached hydrogen (secondary N) is 1. The summed E-state index contributed by atoms with van der Waals surface area (Å²) in [6.07, 6.45) is 0.659. The van der Waals surface area contributed by atoms with Crippen LogP contribution >= 0.6 is 11.6 Å². The van der Waals surface area contributed by atoms with E-state index in [1.807, 2.05) is 18.2 Å². The smallest absolute Gasteiger partial charge is 0.265 e. The van der Waals surface area contributed by atoms with Crippen molar-refractivity contribution in [3.05, 3.63) is 53.6 Å². The minimum Gasteiger partial charge on any atom is -0.481 e. The Balaban J connectivity index is 1.71. The zero-order valence-electron chi connectivity index (χ0n) is 13.9. The molecular weight excluding hydrogens is 340 g/mol. The van der Waals surface area contributed by atoms with Crippen molar-refractivity contribution in [2.45, 2.75) is 25.9 Å². The normalized spacial score (nSPS) is 15.1. The molecule has 3 rings (SSSR count). The number of ether oxygens (including phenoxy) is 1. The van der Waals surface area contributed by atoms with Crippen LogP contribution < -0.4 is 15.0 Å². The predicted molar refractivity (Wildman–Crippen MR) is 98.2 cm³/mol. The first-order valence-electron chi connectivity index (χ1n) is 8.17. The van der Waals surface area contributed by atoms with Gasteiger partial charge in [-0.2, -0.15) is 0 Å². The monoisotopic (exact) mass is 358 g/mol. The van der Waals surface area contributed by atoms with Crippen molar-refractivity contribution in [1.29, 1.82) is 0 Å². The van der Waals surface area contributed by atoms with Gasteiger partial charge in [0.25, 0.3) is 5.91 Å². The molecule has 0 spiro atoms. The van der Waals surface area contributed by atoms with Crippen molar-refractivity contribution in [2.24, 2.45) is 0 Å². The highest BCUT2D eigenvalue weighted by Crippen LogP contribution is 2.29. The van der Waals surface area contributed by atoms with E-state index in [1.165, 1.54) is 0 Å². The second-order valence-corrected chi connectivity index (χ2v) is 6.31. The van der Waals surface area contributed by atoms with E-state index in [0.717, 1.165) is 6.42 Å². The lowest BCUT2D eigenvalue weighted by atomic mass is 10.2. The molecule has 0 bridgehead atoms. The fraction of sp³-hybridized carbons (Fsp3) is 0.263. The summed E-state index contributed by atoms with van der Waals surface area (Å²) in [6, 6.07) is 14.2. The van der Waals surface area contributed by atoms with Crippen LogP contribution in [0.4, 0.5) is 11.4 Å². The molecule has 0 saturated carbocycles. The second kappa shape index (κ2) is 7.57. The minimum atomic E-state index is -0.708. The maximum absolute atomic E-state index is 12.5. The molecule has 6 heteroatoms. The van der Waals surface area contributed by atoms with Gasteiger partial charge in [0.2, 0.25) is 5.91 Å². The average Bonchev–Trinajstić information content (AvgIpc) is 3.01. The highest BCUT2D eigenvalue weighted by molar-refractivity contribution is 6.30. The number of carbonyl (C=O) groups excluding carboxylic acids is 2. The Labute approximate surface area is 151 Å². The van der Waals surface area contributed by atoms with Crippen LogP contribution in [0.15, 0.2) is 48.5 Å². The summed E-state index contributed by atoms with van der Waals surface area (Å²) in [4.78, 5) is 26.2. The lowest BCUT2D eigenvalue weighted by Crippen LogP contribution is -2.31. The molecule has 5 nitrogen and oxygen atoms in total. The number of nitrogens with zero attached hydrogens (tertiary/aromatic N) is 1. The molecule has 25 heavy (non-hydrogen) atoms. The number of para-hydroxylation sites is 2. The number of benzene rings is 2. The molecule has 1 aliphatic rings. The fourth-order valence-corrected chi connectivity index (χ4v) is 2.93. The quantitative estimate of drug-likeness (QED) is 0.882. The first-order valence-corrected chi connectivity index (χ1v) is 8.55. The molecule has 2 amide bonds. The molecule has 1 fully saturated rings. The third-order valence-electron chi connectivity index (χ3n) is 4.00. The first-order chi connectivity index (χ1) is 12.0. The molecule has 1 aliphatic heterocycles. The van der Waals surface area contributed by atoms with Crippen LogP contribution in [-0.4, -0.2) is 24.5 Å². The fourth-order valence-electron chi connectivity index (χ4n) is 2.75. The Morgan fingerprint density at radius 3 is 2.76 bits per heavy atom. The Bertz CT molecular complexity index is 794. The van der Waals surface area contributed by atoms with Crippen molar-refractivity contribution in [3.63, 3.8) is 0 Å². The van der Waals surface area contributed by atoms with E-state index < -0.39 is 6.10 Å². The summed E-state index contributed by atoms with van der Waals surface area (Å²) in [5, 5.41) is 3.40. The number of rotatable bonds is 5. The summed E-state index contributed by atoms with van der Waals surface area (Å²) in [7, 11) is 0. The van der Waals surface area contributed by atoms with Gasteiger partial charge in [0.1, 0.15) is 5.75 Å². The molecule has 0 aromatic heterocycles. The number of carbonyl (C=O) groups is 2. The van der Waals surface area contributed by atoms with Crippen LogP contribution in [0.1, 0.15) is 19.8 Å². The maximum atomic E-state index is 12.5. The second-order valence-electron chi connectivity index (χ2n) is 5.87. The molecule has 1 saturated heterocycles. The SMILES string of the molecule is C[C@@H](Oc1cccc(Cl)c1)C(=O)Nc1ccccc1N1CCCC1=O. The van der Waals surface area contributed by atoms with E-state index in [2.05, 4.69) is 5.32 Å². The highest BCUT2D eigenvalue weighted by Gasteiger charge is 2.25. The standard InChI is InChI=1S/C19H19ClN2O3/c1-13(25-15-7-4-6-14(20)12-15)19(24)21-16-8-2-3-9-17(16)22-11-5-10-18(22)23/h2-4,6-9,12-13H,5,10-11H2,1H3,(H,21,24)/t13-/m1/s1. The molecule has 2 aromatic carbocycles. The number of anilines is 2. The molecule has 0 aliphatic carbocycles. The number of amides is 2. The van der Waals surface area contributed by atoms with Gasteiger partial charge in [0.05, 0.1) is 11.4 Å². The van der Waals surface area contributed by atoms with Crippen molar-refractivity contribution in [1.82, 2.24) is 0 Å². The molecule has 0 radical (unpaired) electrons. The van der Waals surface area contributed by atoms with Crippen molar-refractivity contribution < 1.29 is 14.3 Å². The summed E-state index contributed by atoms with van der Waals surface area (Å²) in [6.45, 7) is 2.33. The van der Waals surface area contributed by atoms with Gasteiger partial charge in [0, 0.05) is 18.0 Å². The molecule has 1 N–H and O–H groups in total. The van der Waals surface area contributed by atoms with Crippen LogP contribution in [0.5, 0.6) is 5.75 Å². The Hall–Kier alpha value is -2.53. The van der Waals surface area contributed by atoms with Crippen molar-refractivity contribution >= 4 is 34.8 Å². The maximum Gasteiger partial charge on any atom is 0.265 e. The zero-order chi connectivity index (χ0) is 17.8. The van der Waals surface area contributed by atoms with Gasteiger partial charge in [-0.25, -0.2) is 0 Å². The number of hydrogen-bond donors (Lipinski definition) is 1.